The predicted octanol–water partition coefficient (Wildman–Crippen LogP) is -0.789. The van der Waals surface area contributed by atoms with Crippen molar-refractivity contribution in [3.05, 3.63) is 28.4 Å². The van der Waals surface area contributed by atoms with Gasteiger partial charge in [-0.1, -0.05) is 0 Å². The molecule has 1 saturated heterocycles. The van der Waals surface area contributed by atoms with Crippen LogP contribution in [-0.2, 0) is 6.54 Å². The lowest BCUT2D eigenvalue weighted by Crippen LogP contribution is -2.48. The molecule has 96 valence electrons. The van der Waals surface area contributed by atoms with Crippen LogP contribution in [-0.4, -0.2) is 50.2 Å². The van der Waals surface area contributed by atoms with Gasteiger partial charge in [0, 0.05) is 38.3 Å². The van der Waals surface area contributed by atoms with Crippen LogP contribution in [0.2, 0.25) is 0 Å². The summed E-state index contributed by atoms with van der Waals surface area (Å²) in [5.74, 6) is 0.431. The van der Waals surface area contributed by atoms with Gasteiger partial charge in [-0.2, -0.15) is 4.52 Å². The maximum atomic E-state index is 11.8. The normalized spacial score (nSPS) is 21.5. The molecule has 2 aromatic heterocycles. The van der Waals surface area contributed by atoms with E-state index in [4.69, 9.17) is 0 Å². The summed E-state index contributed by atoms with van der Waals surface area (Å²) in [4.78, 5) is 22.5. The van der Waals surface area contributed by atoms with Gasteiger partial charge >= 0.3 is 0 Å². The van der Waals surface area contributed by atoms with Crippen molar-refractivity contribution in [1.29, 1.82) is 0 Å². The van der Waals surface area contributed by atoms with E-state index in [-0.39, 0.29) is 5.56 Å². The van der Waals surface area contributed by atoms with Gasteiger partial charge in [0.05, 0.1) is 5.69 Å². The summed E-state index contributed by atoms with van der Waals surface area (Å²) in [7, 11) is 0. The first-order chi connectivity index (χ1) is 8.72. The number of piperazine rings is 1. The largest absolute Gasteiger partial charge is 0.312 e. The van der Waals surface area contributed by atoms with Crippen LogP contribution in [0.25, 0.3) is 5.78 Å². The van der Waals surface area contributed by atoms with Crippen molar-refractivity contribution in [2.24, 2.45) is 0 Å². The maximum Gasteiger partial charge on any atom is 0.274 e. The second-order valence-corrected chi connectivity index (χ2v) is 4.70. The van der Waals surface area contributed by atoms with Crippen LogP contribution < -0.4 is 10.9 Å². The fourth-order valence-electron chi connectivity index (χ4n) is 2.33. The van der Waals surface area contributed by atoms with Crippen molar-refractivity contribution in [2.45, 2.75) is 19.5 Å². The van der Waals surface area contributed by atoms with Crippen molar-refractivity contribution < 1.29 is 0 Å². The minimum Gasteiger partial charge on any atom is -0.312 e. The van der Waals surface area contributed by atoms with E-state index in [1.807, 2.05) is 0 Å². The van der Waals surface area contributed by atoms with Crippen LogP contribution in [0.3, 0.4) is 0 Å². The molecular formula is C11H16N6O. The highest BCUT2D eigenvalue weighted by atomic mass is 16.1. The summed E-state index contributed by atoms with van der Waals surface area (Å²) in [6.45, 7) is 5.79. The van der Waals surface area contributed by atoms with Crippen LogP contribution in [0.15, 0.2) is 17.2 Å². The Kier molecular flexibility index (Phi) is 2.85. The molecule has 0 saturated carbocycles. The Morgan fingerprint density at radius 3 is 3.28 bits per heavy atom. The Labute approximate surface area is 104 Å². The second-order valence-electron chi connectivity index (χ2n) is 4.70. The van der Waals surface area contributed by atoms with E-state index in [2.05, 4.69) is 32.2 Å². The Balaban J connectivity index is 1.83. The van der Waals surface area contributed by atoms with Crippen molar-refractivity contribution in [1.82, 2.24) is 29.8 Å². The number of hydrogen-bond acceptors (Lipinski definition) is 5. The molecule has 0 aliphatic carbocycles. The fraction of sp³-hybridized carbons (Fsp3) is 0.545. The number of fused-ring (bicyclic) bond motifs is 1. The molecule has 7 heteroatoms. The van der Waals surface area contributed by atoms with E-state index in [0.29, 0.717) is 18.4 Å². The third-order valence-electron chi connectivity index (χ3n) is 3.16. The van der Waals surface area contributed by atoms with Gasteiger partial charge in [-0.15, -0.1) is 0 Å². The van der Waals surface area contributed by atoms with Crippen LogP contribution in [0.1, 0.15) is 12.6 Å². The molecule has 1 aliphatic heterocycles. The van der Waals surface area contributed by atoms with Gasteiger partial charge in [-0.25, -0.2) is 9.97 Å². The fourth-order valence-corrected chi connectivity index (χ4v) is 2.33. The van der Waals surface area contributed by atoms with E-state index < -0.39 is 0 Å². The second kappa shape index (κ2) is 4.51. The summed E-state index contributed by atoms with van der Waals surface area (Å²) in [5, 5.41) is 6.12. The van der Waals surface area contributed by atoms with E-state index in [0.717, 1.165) is 25.3 Å². The molecule has 3 rings (SSSR count). The van der Waals surface area contributed by atoms with Gasteiger partial charge in [0.1, 0.15) is 6.33 Å². The lowest BCUT2D eigenvalue weighted by Gasteiger charge is -2.31. The van der Waals surface area contributed by atoms with Crippen LogP contribution >= 0.6 is 0 Å². The molecule has 0 aromatic carbocycles. The highest BCUT2D eigenvalue weighted by Crippen LogP contribution is 2.04. The van der Waals surface area contributed by atoms with Crippen molar-refractivity contribution in [3.63, 3.8) is 0 Å². The maximum absolute atomic E-state index is 11.8. The number of aromatic amines is 1. The summed E-state index contributed by atoms with van der Waals surface area (Å²) in [5.41, 5.74) is 0.664. The van der Waals surface area contributed by atoms with Gasteiger partial charge in [-0.3, -0.25) is 14.8 Å². The first-order valence-corrected chi connectivity index (χ1v) is 6.10. The number of hydrogen-bond donors (Lipinski definition) is 2. The molecule has 7 nitrogen and oxygen atoms in total. The van der Waals surface area contributed by atoms with Gasteiger partial charge in [-0.05, 0) is 6.92 Å². The van der Waals surface area contributed by atoms with Gasteiger partial charge in [0.15, 0.2) is 0 Å². The molecule has 2 aromatic rings. The Morgan fingerprint density at radius 2 is 2.44 bits per heavy atom. The number of aromatic nitrogens is 4. The minimum absolute atomic E-state index is 0.115. The highest BCUT2D eigenvalue weighted by Gasteiger charge is 2.16. The van der Waals surface area contributed by atoms with Gasteiger partial charge in [0.25, 0.3) is 11.3 Å². The van der Waals surface area contributed by atoms with Crippen molar-refractivity contribution in [2.75, 3.05) is 19.6 Å². The van der Waals surface area contributed by atoms with Gasteiger partial charge in [0.2, 0.25) is 0 Å². The van der Waals surface area contributed by atoms with E-state index in [9.17, 15) is 4.79 Å². The van der Waals surface area contributed by atoms with Gasteiger partial charge < -0.3 is 5.32 Å². The number of nitrogens with zero attached hydrogens (tertiary/aromatic N) is 4. The smallest absolute Gasteiger partial charge is 0.274 e. The van der Waals surface area contributed by atoms with E-state index in [1.54, 1.807) is 6.07 Å². The molecule has 1 atom stereocenters. The third-order valence-corrected chi connectivity index (χ3v) is 3.16. The molecule has 18 heavy (non-hydrogen) atoms. The summed E-state index contributed by atoms with van der Waals surface area (Å²) < 4.78 is 1.34. The predicted molar refractivity (Wildman–Crippen MR) is 66.3 cm³/mol. The summed E-state index contributed by atoms with van der Waals surface area (Å²) >= 11 is 0. The number of H-pyrrole nitrogens is 1. The molecule has 3 heterocycles. The van der Waals surface area contributed by atoms with E-state index in [1.165, 1.54) is 10.8 Å². The van der Waals surface area contributed by atoms with Crippen LogP contribution in [0.4, 0.5) is 0 Å². The molecule has 0 radical (unpaired) electrons. The lowest BCUT2D eigenvalue weighted by atomic mass is 10.2. The SMILES string of the molecule is CC1CN(Cc2cc(=O)n3[nH]cnc3n2)CCN1. The van der Waals surface area contributed by atoms with Crippen LogP contribution in [0.5, 0.6) is 0 Å². The summed E-state index contributed by atoms with van der Waals surface area (Å²) in [6.07, 6.45) is 1.47. The Hall–Kier alpha value is -1.73. The first kappa shape index (κ1) is 11.4. The highest BCUT2D eigenvalue weighted by molar-refractivity contribution is 5.25. The minimum atomic E-state index is -0.115. The number of nitrogens with one attached hydrogen (secondary N) is 2. The van der Waals surface area contributed by atoms with Crippen molar-refractivity contribution >= 4 is 5.78 Å². The van der Waals surface area contributed by atoms with Crippen LogP contribution in [0, 0.1) is 0 Å². The zero-order valence-corrected chi connectivity index (χ0v) is 10.3. The molecule has 0 amide bonds. The van der Waals surface area contributed by atoms with Crippen molar-refractivity contribution in [3.8, 4) is 0 Å². The quantitative estimate of drug-likeness (QED) is 0.728. The molecular weight excluding hydrogens is 232 g/mol. The first-order valence-electron chi connectivity index (χ1n) is 6.10. The standard InChI is InChI=1S/C11H16N6O/c1-8-5-16(3-2-12-8)6-9-4-10(18)17-11(15-9)13-7-14-17/h4,7-8,12H,2-3,5-6H2,1H3,(H,13,14,15). The zero-order valence-electron chi connectivity index (χ0n) is 10.3. The molecule has 1 unspecified atom stereocenters. The third kappa shape index (κ3) is 2.14. The molecule has 2 N–H and O–H groups in total. The Bertz CT molecular complexity index is 603. The monoisotopic (exact) mass is 248 g/mol. The summed E-state index contributed by atoms with van der Waals surface area (Å²) in [6, 6.07) is 2.05. The molecule has 0 spiro atoms. The average molecular weight is 248 g/mol. The lowest BCUT2D eigenvalue weighted by molar-refractivity contribution is 0.197. The van der Waals surface area contributed by atoms with E-state index >= 15 is 0 Å². The zero-order chi connectivity index (χ0) is 12.5. The number of rotatable bonds is 2. The molecule has 1 aliphatic rings. The average Bonchev–Trinajstić information content (AvgIpc) is 2.77. The topological polar surface area (TPSA) is 78.3 Å². The Morgan fingerprint density at radius 1 is 1.56 bits per heavy atom. The molecule has 1 fully saturated rings. The molecule has 0 bridgehead atoms.